The van der Waals surface area contributed by atoms with Gasteiger partial charge in [0.05, 0.1) is 13.0 Å². The van der Waals surface area contributed by atoms with Crippen LogP contribution < -0.4 is 9.64 Å². The fourth-order valence-electron chi connectivity index (χ4n) is 3.29. The summed E-state index contributed by atoms with van der Waals surface area (Å²) in [6, 6.07) is 12.9. The van der Waals surface area contributed by atoms with Gasteiger partial charge >= 0.3 is 0 Å². The van der Waals surface area contributed by atoms with Crippen LogP contribution in [0.5, 0.6) is 5.75 Å². The van der Waals surface area contributed by atoms with Crippen LogP contribution >= 0.6 is 11.6 Å². The SMILES string of the molecule is COc1ccc(-c2noc(C3CC(=O)N(c4ccc(Cl)cc4C)C3)n2)cc1. The molecule has 1 amide bonds. The van der Waals surface area contributed by atoms with Gasteiger partial charge in [-0.2, -0.15) is 4.98 Å². The van der Waals surface area contributed by atoms with Crippen LogP contribution in [-0.4, -0.2) is 29.7 Å². The number of amides is 1. The van der Waals surface area contributed by atoms with Gasteiger partial charge in [-0.15, -0.1) is 0 Å². The molecule has 138 valence electrons. The molecular weight excluding hydrogens is 366 g/mol. The number of carbonyl (C=O) groups is 1. The topological polar surface area (TPSA) is 68.5 Å². The van der Waals surface area contributed by atoms with Crippen molar-refractivity contribution in [3.63, 3.8) is 0 Å². The Balaban J connectivity index is 1.54. The summed E-state index contributed by atoms with van der Waals surface area (Å²) in [5, 5.41) is 4.72. The Bertz CT molecular complexity index is 984. The number of hydrogen-bond acceptors (Lipinski definition) is 5. The number of ether oxygens (including phenoxy) is 1. The van der Waals surface area contributed by atoms with Crippen LogP contribution in [0.15, 0.2) is 47.0 Å². The van der Waals surface area contributed by atoms with Gasteiger partial charge in [-0.05, 0) is 55.0 Å². The van der Waals surface area contributed by atoms with Gasteiger partial charge in [0.25, 0.3) is 0 Å². The van der Waals surface area contributed by atoms with E-state index in [-0.39, 0.29) is 11.8 Å². The predicted molar refractivity (Wildman–Crippen MR) is 102 cm³/mol. The lowest BCUT2D eigenvalue weighted by atomic mass is 10.1. The third-order valence-corrected chi connectivity index (χ3v) is 4.95. The van der Waals surface area contributed by atoms with Crippen molar-refractivity contribution in [3.8, 4) is 17.1 Å². The number of anilines is 1. The van der Waals surface area contributed by atoms with E-state index in [1.807, 2.05) is 43.3 Å². The number of methoxy groups -OCH3 is 1. The van der Waals surface area contributed by atoms with Crippen LogP contribution in [0.4, 0.5) is 5.69 Å². The van der Waals surface area contributed by atoms with Crippen molar-refractivity contribution in [2.75, 3.05) is 18.6 Å². The zero-order valence-electron chi connectivity index (χ0n) is 15.0. The smallest absolute Gasteiger partial charge is 0.232 e. The molecule has 1 saturated heterocycles. The Hall–Kier alpha value is -2.86. The minimum Gasteiger partial charge on any atom is -0.497 e. The van der Waals surface area contributed by atoms with Crippen LogP contribution in [0.2, 0.25) is 5.02 Å². The van der Waals surface area contributed by atoms with E-state index in [0.29, 0.717) is 29.7 Å². The van der Waals surface area contributed by atoms with E-state index < -0.39 is 0 Å². The summed E-state index contributed by atoms with van der Waals surface area (Å²) in [6.07, 6.45) is 0.340. The lowest BCUT2D eigenvalue weighted by Crippen LogP contribution is -2.25. The molecule has 1 unspecified atom stereocenters. The molecule has 0 N–H and O–H groups in total. The lowest BCUT2D eigenvalue weighted by Gasteiger charge is -2.18. The maximum Gasteiger partial charge on any atom is 0.232 e. The van der Waals surface area contributed by atoms with Crippen molar-refractivity contribution in [1.82, 2.24) is 10.1 Å². The fourth-order valence-corrected chi connectivity index (χ4v) is 3.51. The first-order valence-electron chi connectivity index (χ1n) is 8.59. The third-order valence-electron chi connectivity index (χ3n) is 4.71. The molecule has 0 spiro atoms. The summed E-state index contributed by atoms with van der Waals surface area (Å²) in [6.45, 7) is 2.45. The maximum absolute atomic E-state index is 12.5. The number of benzene rings is 2. The van der Waals surface area contributed by atoms with E-state index in [4.69, 9.17) is 20.9 Å². The molecule has 1 fully saturated rings. The number of rotatable bonds is 4. The lowest BCUT2D eigenvalue weighted by molar-refractivity contribution is -0.117. The zero-order chi connectivity index (χ0) is 19.0. The summed E-state index contributed by atoms with van der Waals surface area (Å²) in [5.41, 5.74) is 2.66. The molecule has 0 bridgehead atoms. The van der Waals surface area contributed by atoms with Gasteiger partial charge < -0.3 is 14.2 Å². The number of hydrogen-bond donors (Lipinski definition) is 0. The van der Waals surface area contributed by atoms with Crippen molar-refractivity contribution < 1.29 is 14.1 Å². The molecule has 0 radical (unpaired) electrons. The number of aromatic nitrogens is 2. The molecule has 3 aromatic rings. The van der Waals surface area contributed by atoms with Crippen LogP contribution in [0, 0.1) is 6.92 Å². The van der Waals surface area contributed by atoms with E-state index in [0.717, 1.165) is 22.6 Å². The minimum absolute atomic E-state index is 0.0367. The second kappa shape index (κ2) is 7.04. The van der Waals surface area contributed by atoms with Gasteiger partial charge in [0.1, 0.15) is 5.75 Å². The van der Waals surface area contributed by atoms with Gasteiger partial charge in [0.2, 0.25) is 17.6 Å². The minimum atomic E-state index is -0.132. The summed E-state index contributed by atoms with van der Waals surface area (Å²) in [4.78, 5) is 18.8. The standard InChI is InChI=1S/C20H18ClN3O3/c1-12-9-15(21)5-8-17(12)24-11-14(10-18(24)25)20-22-19(23-27-20)13-3-6-16(26-2)7-4-13/h3-9,14H,10-11H2,1-2H3. The highest BCUT2D eigenvalue weighted by molar-refractivity contribution is 6.30. The molecule has 4 rings (SSSR count). The van der Waals surface area contributed by atoms with Gasteiger partial charge in [0, 0.05) is 29.2 Å². The van der Waals surface area contributed by atoms with Crippen molar-refractivity contribution in [2.24, 2.45) is 0 Å². The van der Waals surface area contributed by atoms with Gasteiger partial charge in [-0.3, -0.25) is 4.79 Å². The van der Waals surface area contributed by atoms with E-state index >= 15 is 0 Å². The van der Waals surface area contributed by atoms with E-state index in [1.54, 1.807) is 18.1 Å². The first-order valence-corrected chi connectivity index (χ1v) is 8.97. The van der Waals surface area contributed by atoms with E-state index in [9.17, 15) is 4.79 Å². The van der Waals surface area contributed by atoms with E-state index in [2.05, 4.69) is 10.1 Å². The number of nitrogens with zero attached hydrogens (tertiary/aromatic N) is 3. The summed E-state index contributed by atoms with van der Waals surface area (Å²) in [7, 11) is 1.62. The summed E-state index contributed by atoms with van der Waals surface area (Å²) < 4.78 is 10.6. The van der Waals surface area contributed by atoms with Crippen molar-refractivity contribution in [2.45, 2.75) is 19.3 Å². The largest absolute Gasteiger partial charge is 0.497 e. The molecule has 1 atom stereocenters. The van der Waals surface area contributed by atoms with Crippen LogP contribution in [0.3, 0.4) is 0 Å². The average Bonchev–Trinajstić information content (AvgIpc) is 3.29. The number of aryl methyl sites for hydroxylation is 1. The van der Waals surface area contributed by atoms with Gasteiger partial charge in [-0.1, -0.05) is 16.8 Å². The second-order valence-corrected chi connectivity index (χ2v) is 6.96. The van der Waals surface area contributed by atoms with Crippen molar-refractivity contribution >= 4 is 23.2 Å². The molecule has 1 aliphatic heterocycles. The molecule has 1 aliphatic rings. The average molecular weight is 384 g/mol. The quantitative estimate of drug-likeness (QED) is 0.674. The Morgan fingerprint density at radius 3 is 2.70 bits per heavy atom. The van der Waals surface area contributed by atoms with Crippen LogP contribution in [0.1, 0.15) is 23.8 Å². The molecule has 0 aliphatic carbocycles. The Morgan fingerprint density at radius 2 is 2.00 bits per heavy atom. The Kier molecular flexibility index (Phi) is 4.58. The first-order chi connectivity index (χ1) is 13.0. The highest BCUT2D eigenvalue weighted by Crippen LogP contribution is 2.34. The fraction of sp³-hybridized carbons (Fsp3) is 0.250. The molecule has 1 aromatic heterocycles. The first kappa shape index (κ1) is 17.5. The van der Waals surface area contributed by atoms with E-state index in [1.165, 1.54) is 0 Å². The van der Waals surface area contributed by atoms with Crippen molar-refractivity contribution in [3.05, 3.63) is 58.9 Å². The third kappa shape index (κ3) is 3.40. The second-order valence-electron chi connectivity index (χ2n) is 6.52. The van der Waals surface area contributed by atoms with Gasteiger partial charge in [-0.25, -0.2) is 0 Å². The van der Waals surface area contributed by atoms with Crippen LogP contribution in [-0.2, 0) is 4.79 Å². The zero-order valence-corrected chi connectivity index (χ0v) is 15.7. The molecule has 0 saturated carbocycles. The normalized spacial score (nSPS) is 16.8. The van der Waals surface area contributed by atoms with Gasteiger partial charge in [0.15, 0.2) is 0 Å². The monoisotopic (exact) mass is 383 g/mol. The highest BCUT2D eigenvalue weighted by Gasteiger charge is 2.35. The Morgan fingerprint density at radius 1 is 1.22 bits per heavy atom. The maximum atomic E-state index is 12.5. The molecule has 6 nitrogen and oxygen atoms in total. The molecule has 2 heterocycles. The number of carbonyl (C=O) groups excluding carboxylic acids is 1. The molecule has 2 aromatic carbocycles. The summed E-state index contributed by atoms with van der Waals surface area (Å²) in [5.74, 6) is 1.64. The summed E-state index contributed by atoms with van der Waals surface area (Å²) >= 11 is 6.02. The molecular formula is C20H18ClN3O3. The van der Waals surface area contributed by atoms with Crippen LogP contribution in [0.25, 0.3) is 11.4 Å². The predicted octanol–water partition coefficient (Wildman–Crippen LogP) is 4.23. The van der Waals surface area contributed by atoms with Crippen molar-refractivity contribution in [1.29, 1.82) is 0 Å². The molecule has 7 heteroatoms. The highest BCUT2D eigenvalue weighted by atomic mass is 35.5. The number of halogens is 1. The molecule has 27 heavy (non-hydrogen) atoms. The Labute approximate surface area is 161 Å².